The highest BCUT2D eigenvalue weighted by Crippen LogP contribution is 1.95. The van der Waals surface area contributed by atoms with Gasteiger partial charge in [0, 0.05) is 7.11 Å². The summed E-state index contributed by atoms with van der Waals surface area (Å²) in [6.45, 7) is 1.32. The van der Waals surface area contributed by atoms with Gasteiger partial charge < -0.3 is 4.74 Å². The van der Waals surface area contributed by atoms with Gasteiger partial charge in [0.25, 0.3) is 0 Å². The highest BCUT2D eigenvalue weighted by Gasteiger charge is 1.94. The topological polar surface area (TPSA) is 39.9 Å². The molecule has 0 aliphatic heterocycles. The highest BCUT2D eigenvalue weighted by atomic mass is 35.5. The van der Waals surface area contributed by atoms with E-state index in [-0.39, 0.29) is 5.28 Å². The van der Waals surface area contributed by atoms with Crippen molar-refractivity contribution in [2.45, 2.75) is 6.54 Å². The molecular formula is C5H8ClN3O. The van der Waals surface area contributed by atoms with E-state index < -0.39 is 0 Å². The molecule has 0 aliphatic rings. The lowest BCUT2D eigenvalue weighted by Gasteiger charge is -1.96. The second-order valence-electron chi connectivity index (χ2n) is 1.77. The largest absolute Gasteiger partial charge is 0.383 e. The van der Waals surface area contributed by atoms with Gasteiger partial charge in [0.15, 0.2) is 0 Å². The summed E-state index contributed by atoms with van der Waals surface area (Å²) in [4.78, 5) is 3.73. The zero-order chi connectivity index (χ0) is 7.40. The Balaban J connectivity index is 2.42. The molecule has 5 heteroatoms. The maximum Gasteiger partial charge on any atom is 0.242 e. The van der Waals surface area contributed by atoms with Crippen LogP contribution in [-0.4, -0.2) is 28.5 Å². The quantitative estimate of drug-likeness (QED) is 0.651. The molecule has 0 saturated heterocycles. The molecule has 0 bridgehead atoms. The van der Waals surface area contributed by atoms with Crippen molar-refractivity contribution in [3.63, 3.8) is 0 Å². The van der Waals surface area contributed by atoms with Crippen molar-refractivity contribution in [1.82, 2.24) is 14.8 Å². The first-order chi connectivity index (χ1) is 4.83. The van der Waals surface area contributed by atoms with Crippen LogP contribution < -0.4 is 0 Å². The van der Waals surface area contributed by atoms with Crippen LogP contribution in [0.1, 0.15) is 0 Å². The van der Waals surface area contributed by atoms with E-state index in [4.69, 9.17) is 16.3 Å². The molecule has 0 atom stereocenters. The van der Waals surface area contributed by atoms with Crippen LogP contribution in [0.25, 0.3) is 0 Å². The predicted octanol–water partition coefficient (Wildman–Crippen LogP) is 0.578. The lowest BCUT2D eigenvalue weighted by molar-refractivity contribution is 0.183. The molecule has 56 valence electrons. The Morgan fingerprint density at radius 2 is 2.60 bits per heavy atom. The van der Waals surface area contributed by atoms with Crippen molar-refractivity contribution in [3.05, 3.63) is 11.6 Å². The average molecular weight is 162 g/mol. The van der Waals surface area contributed by atoms with E-state index in [0.717, 1.165) is 0 Å². The fourth-order valence-corrected chi connectivity index (χ4v) is 0.705. The van der Waals surface area contributed by atoms with Gasteiger partial charge in [0.2, 0.25) is 5.28 Å². The molecule has 0 saturated carbocycles. The van der Waals surface area contributed by atoms with Crippen molar-refractivity contribution in [1.29, 1.82) is 0 Å². The van der Waals surface area contributed by atoms with E-state index in [0.29, 0.717) is 13.2 Å². The minimum Gasteiger partial charge on any atom is -0.383 e. The van der Waals surface area contributed by atoms with Gasteiger partial charge in [-0.1, -0.05) is 0 Å². The van der Waals surface area contributed by atoms with E-state index in [1.165, 1.54) is 0 Å². The summed E-state index contributed by atoms with van der Waals surface area (Å²) in [6.07, 6.45) is 1.57. The average Bonchev–Trinajstić information content (AvgIpc) is 2.31. The van der Waals surface area contributed by atoms with Gasteiger partial charge in [0.05, 0.1) is 13.2 Å². The third-order valence-corrected chi connectivity index (χ3v) is 1.21. The molecule has 1 rings (SSSR count). The summed E-state index contributed by atoms with van der Waals surface area (Å²) in [5.41, 5.74) is 0. The summed E-state index contributed by atoms with van der Waals surface area (Å²) in [5.74, 6) is 0. The van der Waals surface area contributed by atoms with Crippen molar-refractivity contribution >= 4 is 11.6 Å². The molecule has 1 aromatic heterocycles. The minimum atomic E-state index is 0.274. The fraction of sp³-hybridized carbons (Fsp3) is 0.600. The number of ether oxygens (including phenoxy) is 1. The smallest absolute Gasteiger partial charge is 0.242 e. The first-order valence-corrected chi connectivity index (χ1v) is 3.24. The van der Waals surface area contributed by atoms with Crippen LogP contribution in [0.5, 0.6) is 0 Å². The Morgan fingerprint density at radius 3 is 3.10 bits per heavy atom. The summed E-state index contributed by atoms with van der Waals surface area (Å²) in [7, 11) is 1.64. The number of aromatic nitrogens is 3. The summed E-state index contributed by atoms with van der Waals surface area (Å²) < 4.78 is 6.45. The lowest BCUT2D eigenvalue weighted by Crippen LogP contribution is -2.04. The van der Waals surface area contributed by atoms with E-state index in [1.54, 1.807) is 18.1 Å². The van der Waals surface area contributed by atoms with E-state index in [1.807, 2.05) is 0 Å². The van der Waals surface area contributed by atoms with Gasteiger partial charge >= 0.3 is 0 Å². The van der Waals surface area contributed by atoms with Crippen molar-refractivity contribution in [2.75, 3.05) is 13.7 Å². The molecule has 10 heavy (non-hydrogen) atoms. The van der Waals surface area contributed by atoms with Gasteiger partial charge in [-0.25, -0.2) is 9.67 Å². The van der Waals surface area contributed by atoms with Crippen LogP contribution in [0, 0.1) is 0 Å². The molecule has 0 aromatic carbocycles. The molecule has 0 unspecified atom stereocenters. The maximum absolute atomic E-state index is 5.46. The molecule has 1 aromatic rings. The molecule has 0 aliphatic carbocycles. The monoisotopic (exact) mass is 161 g/mol. The Hall–Kier alpha value is -0.610. The molecule has 0 radical (unpaired) electrons. The van der Waals surface area contributed by atoms with Crippen LogP contribution in [-0.2, 0) is 11.3 Å². The third kappa shape index (κ3) is 1.97. The molecule has 0 N–H and O–H groups in total. The van der Waals surface area contributed by atoms with Gasteiger partial charge in [-0.05, 0) is 11.6 Å². The van der Waals surface area contributed by atoms with Crippen LogP contribution in [0.2, 0.25) is 5.28 Å². The first-order valence-electron chi connectivity index (χ1n) is 2.87. The number of hydrogen-bond donors (Lipinski definition) is 0. The van der Waals surface area contributed by atoms with Crippen LogP contribution in [0.3, 0.4) is 0 Å². The predicted molar refractivity (Wildman–Crippen MR) is 36.9 cm³/mol. The van der Waals surface area contributed by atoms with Crippen molar-refractivity contribution in [2.24, 2.45) is 0 Å². The fourth-order valence-electron chi connectivity index (χ4n) is 0.564. The Labute approximate surface area is 63.8 Å². The van der Waals surface area contributed by atoms with E-state index in [2.05, 4.69) is 10.1 Å². The second kappa shape index (κ2) is 3.53. The van der Waals surface area contributed by atoms with Crippen LogP contribution in [0.15, 0.2) is 6.33 Å². The Morgan fingerprint density at radius 1 is 1.80 bits per heavy atom. The highest BCUT2D eigenvalue weighted by molar-refractivity contribution is 6.28. The number of hydrogen-bond acceptors (Lipinski definition) is 3. The van der Waals surface area contributed by atoms with Crippen molar-refractivity contribution < 1.29 is 4.74 Å². The Kier molecular flexibility index (Phi) is 2.65. The zero-order valence-corrected chi connectivity index (χ0v) is 6.38. The third-order valence-electron chi connectivity index (χ3n) is 1.03. The molecule has 0 amide bonds. The molecule has 4 nitrogen and oxygen atoms in total. The Bertz CT molecular complexity index is 201. The van der Waals surface area contributed by atoms with Gasteiger partial charge in [-0.2, -0.15) is 0 Å². The number of methoxy groups -OCH3 is 1. The van der Waals surface area contributed by atoms with Gasteiger partial charge in [-0.15, -0.1) is 5.10 Å². The second-order valence-corrected chi connectivity index (χ2v) is 2.11. The zero-order valence-electron chi connectivity index (χ0n) is 5.62. The van der Waals surface area contributed by atoms with Crippen LogP contribution in [0.4, 0.5) is 0 Å². The van der Waals surface area contributed by atoms with Gasteiger partial charge in [-0.3, -0.25) is 0 Å². The molecule has 0 fully saturated rings. The maximum atomic E-state index is 5.46. The number of nitrogens with zero attached hydrogens (tertiary/aromatic N) is 3. The van der Waals surface area contributed by atoms with Gasteiger partial charge in [0.1, 0.15) is 6.33 Å². The SMILES string of the molecule is COCCn1cnc(Cl)n1. The molecular weight excluding hydrogens is 154 g/mol. The molecule has 0 spiro atoms. The number of halogens is 1. The standard InChI is InChI=1S/C5H8ClN3O/c1-10-3-2-9-4-7-5(6)8-9/h4H,2-3H2,1H3. The minimum absolute atomic E-state index is 0.274. The van der Waals surface area contributed by atoms with E-state index >= 15 is 0 Å². The summed E-state index contributed by atoms with van der Waals surface area (Å²) in [6, 6.07) is 0. The number of rotatable bonds is 3. The van der Waals surface area contributed by atoms with Crippen molar-refractivity contribution in [3.8, 4) is 0 Å². The molecule has 1 heterocycles. The van der Waals surface area contributed by atoms with Crippen LogP contribution >= 0.6 is 11.6 Å². The normalized spacial score (nSPS) is 10.2. The van der Waals surface area contributed by atoms with E-state index in [9.17, 15) is 0 Å². The lowest BCUT2D eigenvalue weighted by atomic mass is 10.7. The summed E-state index contributed by atoms with van der Waals surface area (Å²) >= 11 is 5.46. The summed E-state index contributed by atoms with van der Waals surface area (Å²) in [5, 5.41) is 4.11. The first kappa shape index (κ1) is 7.50.